The van der Waals surface area contributed by atoms with Crippen molar-refractivity contribution in [2.45, 2.75) is 67.6 Å². The monoisotopic (exact) mass is 796 g/mol. The zero-order valence-corrected chi connectivity index (χ0v) is 29.7. The number of hydrogen-bond donors (Lipinski definition) is 10. The Balaban J connectivity index is 3.33. The van der Waals surface area contributed by atoms with Crippen LogP contribution in [0.5, 0.6) is 0 Å². The minimum atomic E-state index is -2.43. The van der Waals surface area contributed by atoms with Gasteiger partial charge in [0.25, 0.3) is 5.78 Å². The number of nitrogens with one attached hydrogen (secondary N) is 4. The summed E-state index contributed by atoms with van der Waals surface area (Å²) in [7, 11) is 0. The predicted molar refractivity (Wildman–Crippen MR) is 179 cm³/mol. The summed E-state index contributed by atoms with van der Waals surface area (Å²) >= 11 is 1.14. The van der Waals surface area contributed by atoms with Crippen molar-refractivity contribution >= 4 is 88.8 Å². The number of ether oxygens (including phenoxy) is 2. The molecule has 23 nitrogen and oxygen atoms in total. The smallest absolute Gasteiger partial charge is 0.377 e. The number of esters is 2. The Labute approximate surface area is 308 Å². The molecule has 0 spiro atoms. The third-order valence-electron chi connectivity index (χ3n) is 6.92. The highest BCUT2D eigenvalue weighted by Gasteiger charge is 2.62. The molecule has 1 fully saturated rings. The summed E-state index contributed by atoms with van der Waals surface area (Å²) in [4.78, 5) is 134. The first-order valence-electron chi connectivity index (χ1n) is 15.4. The molecule has 296 valence electrons. The number of thioether (sulfide) groups is 2. The van der Waals surface area contributed by atoms with E-state index in [1.165, 1.54) is 6.92 Å². The Hall–Kier alpha value is -5.01. The van der Waals surface area contributed by atoms with Crippen LogP contribution < -0.4 is 32.7 Å². The molecule has 12 N–H and O–H groups in total. The van der Waals surface area contributed by atoms with Gasteiger partial charge in [0.2, 0.25) is 29.2 Å². The van der Waals surface area contributed by atoms with Crippen LogP contribution in [0.3, 0.4) is 0 Å². The van der Waals surface area contributed by atoms with E-state index in [9.17, 15) is 52.7 Å². The minimum Gasteiger partial charge on any atom is -0.480 e. The molecular formula is C28H40N6O17S2. The van der Waals surface area contributed by atoms with Crippen LogP contribution in [0.4, 0.5) is 0 Å². The number of nitrogens with two attached hydrogens (primary N) is 2. The van der Waals surface area contributed by atoms with Crippen molar-refractivity contribution in [1.82, 2.24) is 21.3 Å². The molecule has 4 amide bonds. The molecule has 1 saturated heterocycles. The standard InChI is InChI=1S/C28H40N6O17S2/c1-2-50-27(49)28(11-52-9-14(22(42)31-7-18(37)38)33-16(35)5-3-12(29)24(44)45)21(20(41)26(48)51-28)53-10-15(23(43)32-8-19(39)40)34-17(36)6-4-13(30)25(46)47/h12-15,21H,2-11,29-30H2,1H3,(H,31,42)(H,32,43)(H,33,35)(H,34,36)(H,37,38)(H,39,40)(H,44,45)(H,46,47). The van der Waals surface area contributed by atoms with Crippen molar-refractivity contribution in [3.63, 3.8) is 0 Å². The van der Waals surface area contributed by atoms with Gasteiger partial charge in [-0.1, -0.05) is 0 Å². The van der Waals surface area contributed by atoms with Gasteiger partial charge in [-0.2, -0.15) is 11.8 Å². The molecule has 1 aliphatic rings. The zero-order chi connectivity index (χ0) is 40.5. The van der Waals surface area contributed by atoms with E-state index in [2.05, 4.69) is 16.0 Å². The number of carbonyl (C=O) groups excluding carboxylic acids is 7. The summed E-state index contributed by atoms with van der Waals surface area (Å²) < 4.78 is 10.3. The molecule has 0 saturated carbocycles. The van der Waals surface area contributed by atoms with Gasteiger partial charge in [-0.15, -0.1) is 11.8 Å². The number of aliphatic carboxylic acids is 4. The van der Waals surface area contributed by atoms with Crippen LogP contribution in [0, 0.1) is 0 Å². The Morgan fingerprint density at radius 1 is 0.792 bits per heavy atom. The van der Waals surface area contributed by atoms with E-state index in [4.69, 9.17) is 41.4 Å². The maximum atomic E-state index is 13.3. The molecular weight excluding hydrogens is 756 g/mol. The third-order valence-corrected chi connectivity index (χ3v) is 9.58. The molecule has 0 radical (unpaired) electrons. The largest absolute Gasteiger partial charge is 0.480 e. The highest BCUT2D eigenvalue weighted by molar-refractivity contribution is 8.01. The fourth-order valence-corrected chi connectivity index (χ4v) is 6.88. The van der Waals surface area contributed by atoms with Crippen molar-refractivity contribution in [2.75, 3.05) is 37.0 Å². The van der Waals surface area contributed by atoms with E-state index in [0.717, 1.165) is 0 Å². The van der Waals surface area contributed by atoms with Crippen molar-refractivity contribution in [3.05, 3.63) is 0 Å². The van der Waals surface area contributed by atoms with Crippen LogP contribution in [-0.4, -0.2) is 158 Å². The van der Waals surface area contributed by atoms with E-state index in [0.29, 0.717) is 23.5 Å². The normalized spacial score (nSPS) is 18.7. The van der Waals surface area contributed by atoms with E-state index in [1.807, 2.05) is 5.32 Å². The molecule has 6 unspecified atom stereocenters. The number of carboxylic acid groups (broad SMARTS) is 4. The average molecular weight is 797 g/mol. The van der Waals surface area contributed by atoms with Gasteiger partial charge in [0.15, 0.2) is 0 Å². The van der Waals surface area contributed by atoms with Crippen LogP contribution in [0.25, 0.3) is 0 Å². The number of amides is 4. The number of cyclic esters (lactones) is 1. The fourth-order valence-electron chi connectivity index (χ4n) is 4.18. The molecule has 0 aromatic heterocycles. The van der Waals surface area contributed by atoms with Crippen molar-refractivity contribution < 1.29 is 82.6 Å². The Morgan fingerprint density at radius 2 is 1.25 bits per heavy atom. The summed E-state index contributed by atoms with van der Waals surface area (Å²) in [6.07, 6.45) is -1.62. The van der Waals surface area contributed by atoms with E-state index in [-0.39, 0.29) is 19.4 Å². The van der Waals surface area contributed by atoms with Crippen molar-refractivity contribution in [1.29, 1.82) is 0 Å². The lowest BCUT2D eigenvalue weighted by Crippen LogP contribution is -2.54. The second-order valence-electron chi connectivity index (χ2n) is 11.0. The maximum absolute atomic E-state index is 13.3. The van der Waals surface area contributed by atoms with Crippen molar-refractivity contribution in [3.8, 4) is 0 Å². The summed E-state index contributed by atoms with van der Waals surface area (Å²) in [5.74, 6) is -15.2. The van der Waals surface area contributed by atoms with Gasteiger partial charge in [-0.3, -0.25) is 43.2 Å². The van der Waals surface area contributed by atoms with Crippen LogP contribution in [0.15, 0.2) is 0 Å². The first kappa shape index (κ1) is 46.0. The number of rotatable bonds is 25. The van der Waals surface area contributed by atoms with E-state index < -0.39 is 143 Å². The second kappa shape index (κ2) is 22.1. The predicted octanol–water partition coefficient (Wildman–Crippen LogP) is -5.00. The van der Waals surface area contributed by atoms with Gasteiger partial charge in [-0.25, -0.2) is 9.59 Å². The molecule has 1 rings (SSSR count). The van der Waals surface area contributed by atoms with Gasteiger partial charge < -0.3 is 62.6 Å². The molecule has 1 heterocycles. The lowest BCUT2D eigenvalue weighted by atomic mass is 10.0. The van der Waals surface area contributed by atoms with Gasteiger partial charge in [-0.05, 0) is 19.8 Å². The summed E-state index contributed by atoms with van der Waals surface area (Å²) in [5.41, 5.74) is 8.37. The molecule has 6 atom stereocenters. The lowest BCUT2D eigenvalue weighted by molar-refractivity contribution is -0.171. The van der Waals surface area contributed by atoms with Crippen molar-refractivity contribution in [2.24, 2.45) is 11.5 Å². The average Bonchev–Trinajstić information content (AvgIpc) is 3.33. The Bertz CT molecular complexity index is 1450. The van der Waals surface area contributed by atoms with E-state index >= 15 is 0 Å². The molecule has 1 aliphatic heterocycles. The number of hydrogen-bond acceptors (Lipinski definition) is 17. The Kier molecular flexibility index (Phi) is 19.2. The number of carbonyl (C=O) groups is 11. The fraction of sp³-hybridized carbons (Fsp3) is 0.607. The molecule has 53 heavy (non-hydrogen) atoms. The summed E-state index contributed by atoms with van der Waals surface area (Å²) in [6.45, 7) is -0.640. The van der Waals surface area contributed by atoms with Crippen LogP contribution in [0.1, 0.15) is 32.6 Å². The minimum absolute atomic E-state index is 0.280. The number of Topliss-reactive ketones (excluding diaryl/α,β-unsaturated/α-hetero) is 1. The third kappa shape index (κ3) is 15.2. The van der Waals surface area contributed by atoms with Gasteiger partial charge in [0, 0.05) is 30.1 Å². The maximum Gasteiger partial charge on any atom is 0.377 e. The van der Waals surface area contributed by atoms with Crippen LogP contribution >= 0.6 is 23.5 Å². The second-order valence-corrected chi connectivity index (χ2v) is 13.2. The SMILES string of the molecule is CCOC(=O)C1(CSCC(NC(=O)CCC(N)C(=O)O)C(=O)NCC(=O)O)OC(=O)C(=O)C1SCC(NC(=O)CCC(N)C(=O)O)C(=O)NCC(=O)O. The summed E-state index contributed by atoms with van der Waals surface area (Å²) in [5, 5.41) is 42.7. The lowest BCUT2D eigenvalue weighted by Gasteiger charge is -2.30. The number of carboxylic acids is 4. The Morgan fingerprint density at radius 3 is 1.66 bits per heavy atom. The molecule has 0 aromatic rings. The van der Waals surface area contributed by atoms with Gasteiger partial charge >= 0.3 is 35.8 Å². The first-order valence-corrected chi connectivity index (χ1v) is 17.6. The molecule has 25 heteroatoms. The molecule has 0 bridgehead atoms. The van der Waals surface area contributed by atoms with Crippen LogP contribution in [0.2, 0.25) is 0 Å². The van der Waals surface area contributed by atoms with Crippen LogP contribution in [-0.2, 0) is 62.2 Å². The zero-order valence-electron chi connectivity index (χ0n) is 28.0. The van der Waals surface area contributed by atoms with E-state index in [1.54, 1.807) is 0 Å². The first-order chi connectivity index (χ1) is 24.7. The molecule has 0 aromatic carbocycles. The quantitative estimate of drug-likeness (QED) is 0.0305. The number of ketones is 1. The molecule has 0 aliphatic carbocycles. The van der Waals surface area contributed by atoms with Gasteiger partial charge in [0.05, 0.1) is 6.61 Å². The highest BCUT2D eigenvalue weighted by Crippen LogP contribution is 2.38. The van der Waals surface area contributed by atoms with Gasteiger partial charge in [0.1, 0.15) is 42.5 Å². The highest BCUT2D eigenvalue weighted by atomic mass is 32.2. The summed E-state index contributed by atoms with van der Waals surface area (Å²) in [6, 6.07) is -5.97. The topological polar surface area (TPSA) is 387 Å².